The quantitative estimate of drug-likeness (QED) is 0.694. The van der Waals surface area contributed by atoms with Crippen molar-refractivity contribution in [2.24, 2.45) is 0 Å². The first-order chi connectivity index (χ1) is 11.1. The average molecular weight is 312 g/mol. The van der Waals surface area contributed by atoms with Crippen LogP contribution in [0.2, 0.25) is 0 Å². The highest BCUT2D eigenvalue weighted by molar-refractivity contribution is 5.51. The van der Waals surface area contributed by atoms with Gasteiger partial charge in [0.15, 0.2) is 0 Å². The van der Waals surface area contributed by atoms with E-state index in [4.69, 9.17) is 0 Å². The summed E-state index contributed by atoms with van der Waals surface area (Å²) in [5, 5.41) is 10.7. The molecular formula is C18H22N3O2+. The summed E-state index contributed by atoms with van der Waals surface area (Å²) >= 11 is 0. The summed E-state index contributed by atoms with van der Waals surface area (Å²) in [6.45, 7) is 6.39. The van der Waals surface area contributed by atoms with E-state index in [9.17, 15) is 10.1 Å². The second-order valence-electron chi connectivity index (χ2n) is 6.05. The Morgan fingerprint density at radius 3 is 2.22 bits per heavy atom. The van der Waals surface area contributed by atoms with E-state index in [0.29, 0.717) is 6.04 Å². The van der Waals surface area contributed by atoms with E-state index in [1.165, 1.54) is 5.56 Å². The van der Waals surface area contributed by atoms with Gasteiger partial charge in [-0.15, -0.1) is 0 Å². The molecule has 5 nitrogen and oxygen atoms in total. The molecule has 1 fully saturated rings. The Bertz CT molecular complexity index is 650. The summed E-state index contributed by atoms with van der Waals surface area (Å²) in [5.41, 5.74) is 2.60. The van der Waals surface area contributed by atoms with Gasteiger partial charge in [-0.3, -0.25) is 10.1 Å². The molecule has 1 saturated heterocycles. The number of quaternary nitrogens is 1. The van der Waals surface area contributed by atoms with Crippen molar-refractivity contribution in [2.75, 3.05) is 31.1 Å². The molecule has 5 heteroatoms. The number of nitrogens with one attached hydrogen (secondary N) is 1. The van der Waals surface area contributed by atoms with E-state index < -0.39 is 0 Å². The molecule has 0 unspecified atom stereocenters. The Hall–Kier alpha value is -2.40. The molecule has 3 rings (SSSR count). The molecule has 1 atom stereocenters. The highest BCUT2D eigenvalue weighted by Crippen LogP contribution is 2.19. The minimum absolute atomic E-state index is 0.149. The van der Waals surface area contributed by atoms with E-state index in [1.807, 2.05) is 12.1 Å². The van der Waals surface area contributed by atoms with Gasteiger partial charge in [0.2, 0.25) is 0 Å². The van der Waals surface area contributed by atoms with Crippen LogP contribution in [0.3, 0.4) is 0 Å². The van der Waals surface area contributed by atoms with Crippen molar-refractivity contribution in [1.29, 1.82) is 0 Å². The van der Waals surface area contributed by atoms with Crippen molar-refractivity contribution in [3.05, 3.63) is 70.3 Å². The summed E-state index contributed by atoms with van der Waals surface area (Å²) in [7, 11) is 0. The average Bonchev–Trinajstić information content (AvgIpc) is 2.62. The lowest BCUT2D eigenvalue weighted by Gasteiger charge is -2.36. The predicted octanol–water partition coefficient (Wildman–Crippen LogP) is 2.06. The van der Waals surface area contributed by atoms with E-state index in [1.54, 1.807) is 17.0 Å². The number of hydrogen-bond acceptors (Lipinski definition) is 3. The highest BCUT2D eigenvalue weighted by Gasteiger charge is 2.25. The number of piperazine rings is 1. The molecule has 0 aromatic heterocycles. The van der Waals surface area contributed by atoms with Crippen LogP contribution in [0.25, 0.3) is 0 Å². The molecule has 1 aliphatic rings. The largest absolute Gasteiger partial charge is 0.360 e. The van der Waals surface area contributed by atoms with Crippen LogP contribution < -0.4 is 9.80 Å². The van der Waals surface area contributed by atoms with Gasteiger partial charge in [0, 0.05) is 23.4 Å². The van der Waals surface area contributed by atoms with Crippen molar-refractivity contribution in [2.45, 2.75) is 13.0 Å². The lowest BCUT2D eigenvalue weighted by Crippen LogP contribution is -3.14. The fourth-order valence-electron chi connectivity index (χ4n) is 3.25. The Labute approximate surface area is 136 Å². The molecule has 1 aliphatic heterocycles. The third-order valence-electron chi connectivity index (χ3n) is 4.74. The first-order valence-electron chi connectivity index (χ1n) is 8.04. The van der Waals surface area contributed by atoms with Gasteiger partial charge in [0.05, 0.1) is 31.1 Å². The molecule has 2 aromatic carbocycles. The molecule has 2 aromatic rings. The van der Waals surface area contributed by atoms with E-state index in [-0.39, 0.29) is 10.6 Å². The normalized spacial score (nSPS) is 17.0. The molecular weight excluding hydrogens is 290 g/mol. The summed E-state index contributed by atoms with van der Waals surface area (Å²) in [5.74, 6) is 0. The highest BCUT2D eigenvalue weighted by atomic mass is 16.6. The van der Waals surface area contributed by atoms with Crippen molar-refractivity contribution in [1.82, 2.24) is 0 Å². The Kier molecular flexibility index (Phi) is 4.57. The minimum Gasteiger partial charge on any atom is -0.360 e. The van der Waals surface area contributed by atoms with Gasteiger partial charge in [0.1, 0.15) is 6.04 Å². The van der Waals surface area contributed by atoms with E-state index >= 15 is 0 Å². The summed E-state index contributed by atoms with van der Waals surface area (Å²) < 4.78 is 0. The lowest BCUT2D eigenvalue weighted by atomic mass is 10.1. The number of hydrogen-bond donors (Lipinski definition) is 1. The fraction of sp³-hybridized carbons (Fsp3) is 0.333. The number of nitrogens with zero attached hydrogens (tertiary/aromatic N) is 2. The van der Waals surface area contributed by atoms with Crippen LogP contribution in [0.4, 0.5) is 11.4 Å². The number of benzene rings is 2. The maximum Gasteiger partial charge on any atom is 0.269 e. The number of nitro benzene ring substituents is 1. The third kappa shape index (κ3) is 3.51. The summed E-state index contributed by atoms with van der Waals surface area (Å²) in [6, 6.07) is 18.0. The molecule has 1 heterocycles. The molecule has 0 amide bonds. The zero-order chi connectivity index (χ0) is 16.2. The Balaban J connectivity index is 1.61. The Morgan fingerprint density at radius 1 is 1.04 bits per heavy atom. The molecule has 0 aliphatic carbocycles. The van der Waals surface area contributed by atoms with Crippen LogP contribution in [0, 0.1) is 10.1 Å². The van der Waals surface area contributed by atoms with E-state index in [0.717, 1.165) is 31.9 Å². The van der Waals surface area contributed by atoms with Crippen LogP contribution in [0.5, 0.6) is 0 Å². The molecule has 23 heavy (non-hydrogen) atoms. The van der Waals surface area contributed by atoms with Crippen molar-refractivity contribution in [3.8, 4) is 0 Å². The van der Waals surface area contributed by atoms with Crippen molar-refractivity contribution >= 4 is 11.4 Å². The number of anilines is 1. The Morgan fingerprint density at radius 2 is 1.65 bits per heavy atom. The maximum atomic E-state index is 10.7. The van der Waals surface area contributed by atoms with Crippen LogP contribution in [-0.4, -0.2) is 31.1 Å². The summed E-state index contributed by atoms with van der Waals surface area (Å²) in [6.07, 6.45) is 0. The zero-order valence-electron chi connectivity index (χ0n) is 13.3. The first-order valence-corrected chi connectivity index (χ1v) is 8.04. The zero-order valence-corrected chi connectivity index (χ0v) is 13.3. The third-order valence-corrected chi connectivity index (χ3v) is 4.74. The molecule has 0 spiro atoms. The van der Waals surface area contributed by atoms with Crippen LogP contribution in [0.15, 0.2) is 54.6 Å². The topological polar surface area (TPSA) is 50.8 Å². The SMILES string of the molecule is C[C@H](c1ccccc1)[NH+]1CCN(c2ccc([N+](=O)[O-])cc2)CC1. The van der Waals surface area contributed by atoms with Gasteiger partial charge < -0.3 is 9.80 Å². The first kappa shape index (κ1) is 15.5. The van der Waals surface area contributed by atoms with Crippen molar-refractivity contribution < 1.29 is 9.82 Å². The molecule has 120 valence electrons. The molecule has 0 saturated carbocycles. The predicted molar refractivity (Wildman–Crippen MR) is 90.9 cm³/mol. The maximum absolute atomic E-state index is 10.7. The van der Waals surface area contributed by atoms with Gasteiger partial charge in [-0.05, 0) is 19.1 Å². The number of rotatable bonds is 4. The van der Waals surface area contributed by atoms with Gasteiger partial charge in [-0.1, -0.05) is 30.3 Å². The van der Waals surface area contributed by atoms with Gasteiger partial charge in [-0.2, -0.15) is 0 Å². The van der Waals surface area contributed by atoms with Gasteiger partial charge in [-0.25, -0.2) is 0 Å². The molecule has 1 N–H and O–H groups in total. The standard InChI is InChI=1S/C18H21N3O2/c1-15(16-5-3-2-4-6-16)19-11-13-20(14-12-19)17-7-9-18(10-8-17)21(22)23/h2-10,15H,11-14H2,1H3/p+1/t15-/m1/s1. The van der Waals surface area contributed by atoms with Crippen LogP contribution in [0.1, 0.15) is 18.5 Å². The van der Waals surface area contributed by atoms with Gasteiger partial charge >= 0.3 is 0 Å². The lowest BCUT2D eigenvalue weighted by molar-refractivity contribution is -0.930. The second kappa shape index (κ2) is 6.79. The fourth-order valence-corrected chi connectivity index (χ4v) is 3.25. The molecule has 0 radical (unpaired) electrons. The monoisotopic (exact) mass is 312 g/mol. The smallest absolute Gasteiger partial charge is 0.269 e. The van der Waals surface area contributed by atoms with Crippen LogP contribution in [-0.2, 0) is 0 Å². The van der Waals surface area contributed by atoms with Gasteiger partial charge in [0.25, 0.3) is 5.69 Å². The molecule has 0 bridgehead atoms. The summed E-state index contributed by atoms with van der Waals surface area (Å²) in [4.78, 5) is 14.3. The second-order valence-corrected chi connectivity index (χ2v) is 6.05. The van der Waals surface area contributed by atoms with E-state index in [2.05, 4.69) is 42.2 Å². The number of nitro groups is 1. The number of non-ortho nitro benzene ring substituents is 1. The van der Waals surface area contributed by atoms with Crippen molar-refractivity contribution in [3.63, 3.8) is 0 Å². The minimum atomic E-state index is -0.354. The van der Waals surface area contributed by atoms with Crippen LogP contribution >= 0.6 is 0 Å².